The third-order valence-electron chi connectivity index (χ3n) is 2.75. The monoisotopic (exact) mass is 394 g/mol. The number of rotatable bonds is 6. The summed E-state index contributed by atoms with van der Waals surface area (Å²) in [6, 6.07) is 3.30. The lowest BCUT2D eigenvalue weighted by Crippen LogP contribution is -2.38. The first kappa shape index (κ1) is 18.8. The second kappa shape index (κ2) is 9.62. The van der Waals surface area contributed by atoms with Crippen molar-refractivity contribution in [1.29, 1.82) is 0 Å². The molecule has 114 valence electrons. The lowest BCUT2D eigenvalue weighted by molar-refractivity contribution is 0.0972. The molecule has 3 N–H and O–H groups in total. The van der Waals surface area contributed by atoms with Gasteiger partial charge in [-0.1, -0.05) is 13.3 Å². The zero-order chi connectivity index (χ0) is 14.3. The van der Waals surface area contributed by atoms with Gasteiger partial charge in [-0.2, -0.15) is 0 Å². The Morgan fingerprint density at radius 2 is 2.20 bits per heavy atom. The average Bonchev–Trinajstić information content (AvgIpc) is 2.86. The van der Waals surface area contributed by atoms with Crippen molar-refractivity contribution < 1.29 is 9.21 Å². The first-order valence-corrected chi connectivity index (χ1v) is 6.38. The summed E-state index contributed by atoms with van der Waals surface area (Å²) in [6.45, 7) is 3.57. The highest BCUT2D eigenvalue weighted by Crippen LogP contribution is 2.06. The van der Waals surface area contributed by atoms with Crippen LogP contribution in [0.25, 0.3) is 0 Å². The smallest absolute Gasteiger partial charge is 0.284 e. The van der Waals surface area contributed by atoms with Crippen LogP contribution in [0.5, 0.6) is 0 Å². The third kappa shape index (κ3) is 5.81. The Hall–Kier alpha value is -1.25. The Balaban J connectivity index is 0.00000361. The molecule has 0 aliphatic rings. The third-order valence-corrected chi connectivity index (χ3v) is 2.75. The fourth-order valence-electron chi connectivity index (χ4n) is 1.66. The summed E-state index contributed by atoms with van der Waals surface area (Å²) >= 11 is 0. The van der Waals surface area contributed by atoms with Gasteiger partial charge in [-0.25, -0.2) is 0 Å². The number of halogens is 1. The van der Waals surface area contributed by atoms with Gasteiger partial charge in [-0.3, -0.25) is 9.79 Å². The molecule has 0 bridgehead atoms. The van der Waals surface area contributed by atoms with Gasteiger partial charge in [0.15, 0.2) is 11.7 Å². The molecule has 6 nitrogen and oxygen atoms in total. The average molecular weight is 394 g/mol. The van der Waals surface area contributed by atoms with E-state index >= 15 is 0 Å². The van der Waals surface area contributed by atoms with E-state index in [0.29, 0.717) is 12.3 Å². The van der Waals surface area contributed by atoms with E-state index in [-0.39, 0.29) is 29.7 Å². The van der Waals surface area contributed by atoms with E-state index in [2.05, 4.69) is 22.1 Å². The lowest BCUT2D eigenvalue weighted by Gasteiger charge is -2.21. The van der Waals surface area contributed by atoms with Crippen LogP contribution in [0.1, 0.15) is 36.1 Å². The molecule has 0 spiro atoms. The molecule has 1 amide bonds. The molecule has 1 rings (SSSR count). The van der Waals surface area contributed by atoms with Crippen LogP contribution in [-0.2, 0) is 6.54 Å². The molecule has 0 fully saturated rings. The van der Waals surface area contributed by atoms with Crippen molar-refractivity contribution in [3.63, 3.8) is 0 Å². The van der Waals surface area contributed by atoms with Crippen LogP contribution in [0.2, 0.25) is 0 Å². The predicted octanol–water partition coefficient (Wildman–Crippen LogP) is 1.80. The highest BCUT2D eigenvalue weighted by Gasteiger charge is 2.09. The quantitative estimate of drug-likeness (QED) is 0.438. The highest BCUT2D eigenvalue weighted by molar-refractivity contribution is 14.0. The lowest BCUT2D eigenvalue weighted by atomic mass is 10.3. The van der Waals surface area contributed by atoms with Crippen molar-refractivity contribution in [3.05, 3.63) is 23.7 Å². The van der Waals surface area contributed by atoms with Gasteiger partial charge >= 0.3 is 0 Å². The van der Waals surface area contributed by atoms with Crippen molar-refractivity contribution in [3.8, 4) is 0 Å². The van der Waals surface area contributed by atoms with Crippen molar-refractivity contribution in [2.75, 3.05) is 20.6 Å². The van der Waals surface area contributed by atoms with E-state index in [1.165, 1.54) is 0 Å². The molecular formula is C13H23IN4O2. The number of nitrogens with two attached hydrogens (primary N) is 1. The summed E-state index contributed by atoms with van der Waals surface area (Å²) in [4.78, 5) is 17.2. The van der Waals surface area contributed by atoms with Crippen molar-refractivity contribution in [2.45, 2.75) is 26.3 Å². The van der Waals surface area contributed by atoms with Crippen LogP contribution < -0.4 is 11.1 Å². The molecule has 0 atom stereocenters. The molecule has 0 aliphatic heterocycles. The zero-order valence-electron chi connectivity index (χ0n) is 12.2. The highest BCUT2D eigenvalue weighted by atomic mass is 127. The van der Waals surface area contributed by atoms with Crippen LogP contribution in [0.3, 0.4) is 0 Å². The first-order chi connectivity index (χ1) is 9.08. The zero-order valence-corrected chi connectivity index (χ0v) is 14.5. The molecule has 1 aromatic rings. The van der Waals surface area contributed by atoms with Crippen LogP contribution in [0, 0.1) is 0 Å². The Morgan fingerprint density at radius 3 is 2.70 bits per heavy atom. The Bertz CT molecular complexity index is 445. The fourth-order valence-corrected chi connectivity index (χ4v) is 1.66. The summed E-state index contributed by atoms with van der Waals surface area (Å²) in [7, 11) is 3.73. The number of nitrogens with zero attached hydrogens (tertiary/aromatic N) is 2. The number of amides is 1. The fraction of sp³-hybridized carbons (Fsp3) is 0.538. The van der Waals surface area contributed by atoms with Crippen LogP contribution in [0.4, 0.5) is 0 Å². The molecule has 0 unspecified atom stereocenters. The largest absolute Gasteiger partial charge is 0.454 e. The van der Waals surface area contributed by atoms with Crippen LogP contribution in [0.15, 0.2) is 21.5 Å². The van der Waals surface area contributed by atoms with Gasteiger partial charge in [0.2, 0.25) is 0 Å². The van der Waals surface area contributed by atoms with Gasteiger partial charge < -0.3 is 20.4 Å². The Labute approximate surface area is 136 Å². The second-order valence-electron chi connectivity index (χ2n) is 4.31. The molecule has 0 radical (unpaired) electrons. The number of guanidine groups is 1. The number of aliphatic imine (C=N–C) groups is 1. The Kier molecular flexibility index (Phi) is 9.02. The van der Waals surface area contributed by atoms with Gasteiger partial charge in [-0.15, -0.1) is 24.0 Å². The molecule has 0 saturated carbocycles. The number of unbranched alkanes of at least 4 members (excludes halogenated alkanes) is 1. The van der Waals surface area contributed by atoms with E-state index in [9.17, 15) is 4.79 Å². The standard InChI is InChI=1S/C13H22N4O2.HI/c1-4-5-8-17(3)13(15-2)16-9-10-6-7-11(19-10)12(14)18;/h6-7H,4-5,8-9H2,1-3H3,(H2,14,18)(H,15,16);1H. The summed E-state index contributed by atoms with van der Waals surface area (Å²) in [5.41, 5.74) is 5.13. The second-order valence-corrected chi connectivity index (χ2v) is 4.31. The normalized spacial score (nSPS) is 10.8. The maximum Gasteiger partial charge on any atom is 0.284 e. The summed E-state index contributed by atoms with van der Waals surface area (Å²) < 4.78 is 5.29. The molecule has 1 aromatic heterocycles. The molecule has 7 heteroatoms. The predicted molar refractivity (Wildman–Crippen MR) is 90.4 cm³/mol. The Morgan fingerprint density at radius 1 is 1.50 bits per heavy atom. The van der Waals surface area contributed by atoms with E-state index < -0.39 is 5.91 Å². The molecule has 0 aromatic carbocycles. The molecule has 20 heavy (non-hydrogen) atoms. The maximum atomic E-state index is 10.9. The van der Waals surface area contributed by atoms with E-state index in [4.69, 9.17) is 10.2 Å². The van der Waals surface area contributed by atoms with Crippen LogP contribution >= 0.6 is 24.0 Å². The number of primary amides is 1. The van der Waals surface area contributed by atoms with E-state index in [0.717, 1.165) is 25.3 Å². The summed E-state index contributed by atoms with van der Waals surface area (Å²) in [5.74, 6) is 1.06. The molecular weight excluding hydrogens is 371 g/mol. The SMILES string of the molecule is CCCCN(C)C(=NC)NCc1ccc(C(N)=O)o1.I. The molecule has 0 aliphatic carbocycles. The van der Waals surface area contributed by atoms with Gasteiger partial charge in [0.05, 0.1) is 6.54 Å². The van der Waals surface area contributed by atoms with Crippen molar-refractivity contribution in [1.82, 2.24) is 10.2 Å². The van der Waals surface area contributed by atoms with Gasteiger partial charge in [0, 0.05) is 20.6 Å². The van der Waals surface area contributed by atoms with Crippen molar-refractivity contribution in [2.24, 2.45) is 10.7 Å². The minimum absolute atomic E-state index is 0. The number of furan rings is 1. The number of carbonyl (C=O) groups excluding carboxylic acids is 1. The van der Waals surface area contributed by atoms with Gasteiger partial charge in [0.25, 0.3) is 5.91 Å². The molecule has 0 saturated heterocycles. The minimum Gasteiger partial charge on any atom is -0.454 e. The van der Waals surface area contributed by atoms with E-state index in [1.54, 1.807) is 19.2 Å². The minimum atomic E-state index is -0.560. The van der Waals surface area contributed by atoms with Crippen LogP contribution in [-0.4, -0.2) is 37.4 Å². The van der Waals surface area contributed by atoms with E-state index in [1.807, 2.05) is 7.05 Å². The van der Waals surface area contributed by atoms with Crippen molar-refractivity contribution >= 4 is 35.8 Å². The molecule has 1 heterocycles. The number of hydrogen-bond acceptors (Lipinski definition) is 3. The summed E-state index contributed by atoms with van der Waals surface area (Å²) in [6.07, 6.45) is 2.26. The number of nitrogens with one attached hydrogen (secondary N) is 1. The maximum absolute atomic E-state index is 10.9. The van der Waals surface area contributed by atoms with Gasteiger partial charge in [-0.05, 0) is 18.6 Å². The first-order valence-electron chi connectivity index (χ1n) is 6.38. The topological polar surface area (TPSA) is 83.9 Å². The number of carbonyl (C=O) groups is 1. The van der Waals surface area contributed by atoms with Gasteiger partial charge in [0.1, 0.15) is 5.76 Å². The summed E-state index contributed by atoms with van der Waals surface area (Å²) in [5, 5.41) is 3.18. The number of hydrogen-bond donors (Lipinski definition) is 2.